The van der Waals surface area contributed by atoms with E-state index in [1.165, 1.54) is 93.9 Å². The minimum absolute atomic E-state index is 0. The summed E-state index contributed by atoms with van der Waals surface area (Å²) >= 11 is 8.32. The maximum absolute atomic E-state index is 12.6. The van der Waals surface area contributed by atoms with Crippen molar-refractivity contribution in [2.24, 2.45) is 0 Å². The van der Waals surface area contributed by atoms with Crippen molar-refractivity contribution >= 4 is 34.5 Å². The van der Waals surface area contributed by atoms with Crippen molar-refractivity contribution in [3.63, 3.8) is 0 Å². The summed E-state index contributed by atoms with van der Waals surface area (Å²) in [6.07, 6.45) is 21.8. The van der Waals surface area contributed by atoms with Gasteiger partial charge >= 0.3 is 0 Å². The number of carbonyl (C=O) groups is 1. The number of unbranched alkanes of at least 4 members (excludes halogenated alkanes) is 13. The van der Waals surface area contributed by atoms with Gasteiger partial charge in [-0.2, -0.15) is 4.57 Å². The lowest BCUT2D eigenvalue weighted by Crippen LogP contribution is -3.00. The number of anilines is 1. The average Bonchev–Trinajstić information content (AvgIpc) is 3.40. The van der Waals surface area contributed by atoms with Crippen LogP contribution in [0.5, 0.6) is 5.75 Å². The zero-order chi connectivity index (χ0) is 30.7. The van der Waals surface area contributed by atoms with Crippen LogP contribution in [0.15, 0.2) is 54.2 Å². The van der Waals surface area contributed by atoms with Gasteiger partial charge in [0.1, 0.15) is 5.75 Å². The topological polar surface area (TPSA) is 33.4 Å². The Bertz CT molecular complexity index is 1220. The number of hydrogen-bond acceptors (Lipinski definition) is 3. The van der Waals surface area contributed by atoms with Gasteiger partial charge in [0.05, 0.1) is 16.5 Å². The van der Waals surface area contributed by atoms with Gasteiger partial charge in [0, 0.05) is 24.7 Å². The lowest BCUT2D eigenvalue weighted by Gasteiger charge is -2.22. The molecule has 1 heterocycles. The lowest BCUT2D eigenvalue weighted by atomic mass is 10.0. The van der Waals surface area contributed by atoms with E-state index in [1.807, 2.05) is 29.2 Å². The van der Waals surface area contributed by atoms with Gasteiger partial charge in [0.2, 0.25) is 11.4 Å². The van der Waals surface area contributed by atoms with Gasteiger partial charge in [-0.1, -0.05) is 132 Å². The third kappa shape index (κ3) is 14.9. The number of ether oxygens (including phenoxy) is 1. The van der Waals surface area contributed by atoms with Crippen LogP contribution >= 0.6 is 22.9 Å². The van der Waals surface area contributed by atoms with E-state index >= 15 is 0 Å². The van der Waals surface area contributed by atoms with E-state index in [-0.39, 0.29) is 22.9 Å². The number of benzene rings is 2. The first kappa shape index (κ1) is 38.3. The van der Waals surface area contributed by atoms with Crippen LogP contribution < -0.4 is 31.2 Å². The fraction of sp³-hybridized carbons (Fsp3) is 0.568. The molecule has 0 N–H and O–H groups in total. The number of aromatic nitrogens is 1. The number of aryl methyl sites for hydroxylation is 1. The Morgan fingerprint density at radius 1 is 0.864 bits per heavy atom. The SMILES string of the molecule is CCCCCCCCCCCCCCCCOc1ccc(CCN(C(C)=O)c2cccc(C[n+]3csc(C)c3)c2)cc1Cl.[Br-]. The second-order valence-electron chi connectivity index (χ2n) is 11.9. The molecule has 0 fully saturated rings. The Kier molecular flexibility index (Phi) is 19.7. The van der Waals surface area contributed by atoms with Crippen LogP contribution in [-0.4, -0.2) is 19.1 Å². The van der Waals surface area contributed by atoms with E-state index in [2.05, 4.69) is 48.3 Å². The highest BCUT2D eigenvalue weighted by Crippen LogP contribution is 2.27. The Hall–Kier alpha value is -1.89. The highest BCUT2D eigenvalue weighted by atomic mass is 79.9. The summed E-state index contributed by atoms with van der Waals surface area (Å²) < 4.78 is 8.18. The summed E-state index contributed by atoms with van der Waals surface area (Å²) in [5, 5.41) is 0.641. The maximum atomic E-state index is 12.6. The zero-order valence-electron chi connectivity index (χ0n) is 27.3. The normalized spacial score (nSPS) is 10.9. The largest absolute Gasteiger partial charge is 1.00 e. The first-order valence-corrected chi connectivity index (χ1v) is 17.9. The molecule has 0 aliphatic carbocycles. The van der Waals surface area contributed by atoms with Crippen LogP contribution in [0.4, 0.5) is 5.69 Å². The first-order chi connectivity index (χ1) is 21.0. The van der Waals surface area contributed by atoms with Crippen LogP contribution in [-0.2, 0) is 17.8 Å². The molecule has 0 radical (unpaired) electrons. The van der Waals surface area contributed by atoms with Gasteiger partial charge in [-0.15, -0.1) is 0 Å². The van der Waals surface area contributed by atoms with Crippen LogP contribution in [0.2, 0.25) is 5.02 Å². The first-order valence-electron chi connectivity index (χ1n) is 16.7. The monoisotopic (exact) mass is 704 g/mol. The van der Waals surface area contributed by atoms with Crippen molar-refractivity contribution in [1.29, 1.82) is 0 Å². The van der Waals surface area contributed by atoms with Crippen molar-refractivity contribution in [2.75, 3.05) is 18.1 Å². The predicted octanol–water partition coefficient (Wildman–Crippen LogP) is 7.51. The molecule has 1 amide bonds. The van der Waals surface area contributed by atoms with E-state index in [0.29, 0.717) is 18.2 Å². The molecular weight excluding hydrogens is 652 g/mol. The van der Waals surface area contributed by atoms with Crippen LogP contribution in [0.3, 0.4) is 0 Å². The standard InChI is InChI=1S/C37H54ClN2O2S.BrH/c1-4-5-6-7-8-9-10-11-12-13-14-15-16-17-25-42-37-22-21-33(27-36(37)38)23-24-40(32(3)41)35-20-18-19-34(26-35)29-39-28-31(2)43-30-39;/h18-22,26-28,30H,4-17,23-25,29H2,1-3H3;1H/q+1;/p-1. The molecule has 0 unspecified atom stereocenters. The van der Waals surface area contributed by atoms with Crippen molar-refractivity contribution < 1.29 is 31.1 Å². The van der Waals surface area contributed by atoms with Gasteiger partial charge in [-0.25, -0.2) is 0 Å². The predicted molar refractivity (Wildman–Crippen MR) is 184 cm³/mol. The summed E-state index contributed by atoms with van der Waals surface area (Å²) in [6.45, 7) is 8.12. The average molecular weight is 706 g/mol. The highest BCUT2D eigenvalue weighted by molar-refractivity contribution is 7.09. The second-order valence-corrected chi connectivity index (χ2v) is 13.4. The number of halogens is 2. The summed E-state index contributed by atoms with van der Waals surface area (Å²) in [7, 11) is 0. The third-order valence-electron chi connectivity index (χ3n) is 8.06. The molecule has 3 aromatic rings. The molecule has 0 bridgehead atoms. The summed E-state index contributed by atoms with van der Waals surface area (Å²) in [5.74, 6) is 0.785. The van der Waals surface area contributed by atoms with Crippen molar-refractivity contribution in [2.45, 2.75) is 124 Å². The summed E-state index contributed by atoms with van der Waals surface area (Å²) in [5.41, 5.74) is 5.33. The number of rotatable bonds is 22. The molecule has 0 aliphatic heterocycles. The number of nitrogens with zero attached hydrogens (tertiary/aromatic N) is 2. The zero-order valence-corrected chi connectivity index (χ0v) is 30.5. The number of amides is 1. The van der Waals surface area contributed by atoms with E-state index in [4.69, 9.17) is 16.3 Å². The number of thiazole rings is 1. The quantitative estimate of drug-likeness (QED) is 0.0802. The van der Waals surface area contributed by atoms with Crippen molar-refractivity contribution in [3.8, 4) is 5.75 Å². The smallest absolute Gasteiger partial charge is 0.225 e. The van der Waals surface area contributed by atoms with E-state index < -0.39 is 0 Å². The van der Waals surface area contributed by atoms with E-state index in [1.54, 1.807) is 18.3 Å². The summed E-state index contributed by atoms with van der Waals surface area (Å²) in [4.78, 5) is 15.7. The molecule has 4 nitrogen and oxygen atoms in total. The molecular formula is C37H54BrClN2O2S. The van der Waals surface area contributed by atoms with Gasteiger partial charge in [0.15, 0.2) is 12.7 Å². The van der Waals surface area contributed by atoms with Crippen LogP contribution in [0.25, 0.3) is 0 Å². The maximum Gasteiger partial charge on any atom is 0.225 e. The molecule has 0 saturated heterocycles. The molecule has 7 heteroatoms. The van der Waals surface area contributed by atoms with Crippen LogP contribution in [0.1, 0.15) is 120 Å². The Balaban J connectivity index is 0.00000675. The van der Waals surface area contributed by atoms with Gasteiger partial charge in [-0.05, 0) is 49.6 Å². The van der Waals surface area contributed by atoms with E-state index in [9.17, 15) is 4.79 Å². The molecule has 0 aliphatic rings. The molecule has 0 atom stereocenters. The van der Waals surface area contributed by atoms with Crippen molar-refractivity contribution in [1.82, 2.24) is 0 Å². The molecule has 2 aromatic carbocycles. The minimum atomic E-state index is 0. The Morgan fingerprint density at radius 3 is 2.07 bits per heavy atom. The molecule has 3 rings (SSSR count). The van der Waals surface area contributed by atoms with Crippen molar-refractivity contribution in [3.05, 3.63) is 75.2 Å². The third-order valence-corrected chi connectivity index (χ3v) is 9.21. The molecule has 0 spiro atoms. The van der Waals surface area contributed by atoms with Gasteiger partial charge in [0.25, 0.3) is 0 Å². The fourth-order valence-electron chi connectivity index (χ4n) is 5.57. The molecule has 0 saturated carbocycles. The second kappa shape index (κ2) is 22.6. The van der Waals surface area contributed by atoms with Gasteiger partial charge < -0.3 is 26.6 Å². The van der Waals surface area contributed by atoms with E-state index in [0.717, 1.165) is 36.4 Å². The molecule has 1 aromatic heterocycles. The van der Waals surface area contributed by atoms with Crippen LogP contribution in [0, 0.1) is 6.92 Å². The Labute approximate surface area is 286 Å². The fourth-order valence-corrected chi connectivity index (χ4v) is 6.46. The Morgan fingerprint density at radius 2 is 1.50 bits per heavy atom. The lowest BCUT2D eigenvalue weighted by molar-refractivity contribution is -0.683. The number of hydrogen-bond donors (Lipinski definition) is 0. The highest BCUT2D eigenvalue weighted by Gasteiger charge is 2.14. The molecule has 244 valence electrons. The summed E-state index contributed by atoms with van der Waals surface area (Å²) in [6, 6.07) is 14.3. The number of carbonyl (C=O) groups excluding carboxylic acids is 1. The molecule has 44 heavy (non-hydrogen) atoms. The minimum Gasteiger partial charge on any atom is -1.00 e. The van der Waals surface area contributed by atoms with Gasteiger partial charge in [-0.3, -0.25) is 4.79 Å².